The van der Waals surface area contributed by atoms with Crippen molar-refractivity contribution in [2.24, 2.45) is 0 Å². The van der Waals surface area contributed by atoms with Crippen molar-refractivity contribution in [3.63, 3.8) is 0 Å². The van der Waals surface area contributed by atoms with Gasteiger partial charge in [-0.05, 0) is 53.9 Å². The number of rotatable bonds is 4. The van der Waals surface area contributed by atoms with Gasteiger partial charge < -0.3 is 9.88 Å². The number of aromatic nitrogens is 1. The molecule has 9 heteroatoms. The molecular formula is C26H19F5N2OS. The minimum atomic E-state index is -4.48. The van der Waals surface area contributed by atoms with Crippen molar-refractivity contribution in [1.29, 1.82) is 0 Å². The van der Waals surface area contributed by atoms with Gasteiger partial charge >= 0.3 is 6.18 Å². The molecule has 1 atom stereocenters. The lowest BCUT2D eigenvalue weighted by molar-refractivity contribution is -0.137. The van der Waals surface area contributed by atoms with E-state index in [0.717, 1.165) is 34.3 Å². The Morgan fingerprint density at radius 3 is 2.46 bits per heavy atom. The Bertz CT molecular complexity index is 1380. The molecule has 1 aromatic heterocycles. The van der Waals surface area contributed by atoms with E-state index in [1.807, 2.05) is 24.3 Å². The number of hydrogen-bond donors (Lipinski definition) is 1. The number of nitrogens with one attached hydrogen (secondary N) is 1. The van der Waals surface area contributed by atoms with Crippen LogP contribution in [0.4, 0.5) is 22.0 Å². The molecule has 0 saturated heterocycles. The SMILES string of the molecule is O=C(c1cccc(SC(F)F)c1)N1CCc2c([nH]c3ccccc23)C1c1ccc(C(F)(F)F)cc1. The first-order chi connectivity index (χ1) is 16.7. The lowest BCUT2D eigenvalue weighted by Gasteiger charge is -2.36. The van der Waals surface area contributed by atoms with Crippen LogP contribution in [0.3, 0.4) is 0 Å². The molecule has 180 valence electrons. The highest BCUT2D eigenvalue weighted by Gasteiger charge is 2.36. The molecule has 1 aliphatic rings. The molecular weight excluding hydrogens is 483 g/mol. The van der Waals surface area contributed by atoms with Gasteiger partial charge in [-0.3, -0.25) is 4.79 Å². The van der Waals surface area contributed by atoms with E-state index in [1.165, 1.54) is 24.3 Å². The number of hydrogen-bond acceptors (Lipinski definition) is 2. The van der Waals surface area contributed by atoms with Crippen molar-refractivity contribution in [2.45, 2.75) is 29.3 Å². The fourth-order valence-corrected chi connectivity index (χ4v) is 5.19. The molecule has 1 aliphatic heterocycles. The van der Waals surface area contributed by atoms with Crippen molar-refractivity contribution in [3.05, 3.63) is 101 Å². The van der Waals surface area contributed by atoms with Crippen LogP contribution < -0.4 is 0 Å². The predicted octanol–water partition coefficient (Wildman–Crippen LogP) is 7.29. The third kappa shape index (κ3) is 4.52. The molecule has 1 N–H and O–H groups in total. The second-order valence-electron chi connectivity index (χ2n) is 8.24. The number of thioether (sulfide) groups is 1. The van der Waals surface area contributed by atoms with Gasteiger partial charge in [0.25, 0.3) is 11.7 Å². The van der Waals surface area contributed by atoms with Crippen LogP contribution >= 0.6 is 11.8 Å². The summed E-state index contributed by atoms with van der Waals surface area (Å²) in [5, 5.41) is 1.00. The van der Waals surface area contributed by atoms with Crippen molar-refractivity contribution < 1.29 is 26.7 Å². The van der Waals surface area contributed by atoms with Crippen LogP contribution in [0.5, 0.6) is 0 Å². The molecule has 0 aliphatic carbocycles. The molecule has 0 saturated carbocycles. The fourth-order valence-electron chi connectivity index (χ4n) is 4.63. The van der Waals surface area contributed by atoms with Gasteiger partial charge in [0.15, 0.2) is 0 Å². The Kier molecular flexibility index (Phi) is 6.04. The fraction of sp³-hybridized carbons (Fsp3) is 0.192. The Labute approximate surface area is 201 Å². The third-order valence-corrected chi connectivity index (χ3v) is 6.86. The smallest absolute Gasteiger partial charge is 0.356 e. The van der Waals surface area contributed by atoms with Gasteiger partial charge in [-0.1, -0.05) is 48.2 Å². The van der Waals surface area contributed by atoms with Gasteiger partial charge in [-0.15, -0.1) is 0 Å². The van der Waals surface area contributed by atoms with Gasteiger partial charge in [0, 0.05) is 33.6 Å². The van der Waals surface area contributed by atoms with E-state index in [2.05, 4.69) is 4.98 Å². The van der Waals surface area contributed by atoms with Crippen LogP contribution in [0.25, 0.3) is 10.9 Å². The Morgan fingerprint density at radius 1 is 1.00 bits per heavy atom. The van der Waals surface area contributed by atoms with Crippen LogP contribution in [-0.4, -0.2) is 28.1 Å². The number of carbonyl (C=O) groups is 1. The molecule has 3 nitrogen and oxygen atoms in total. The van der Waals surface area contributed by atoms with Gasteiger partial charge in [0.2, 0.25) is 0 Å². The summed E-state index contributed by atoms with van der Waals surface area (Å²) >= 11 is 0.352. The van der Waals surface area contributed by atoms with Crippen LogP contribution in [0, 0.1) is 0 Å². The molecule has 0 fully saturated rings. The maximum absolute atomic E-state index is 13.6. The summed E-state index contributed by atoms with van der Waals surface area (Å²) < 4.78 is 65.2. The molecule has 1 amide bonds. The van der Waals surface area contributed by atoms with Crippen molar-refractivity contribution in [3.8, 4) is 0 Å². The topological polar surface area (TPSA) is 36.1 Å². The first-order valence-electron chi connectivity index (χ1n) is 10.8. The van der Waals surface area contributed by atoms with E-state index in [-0.39, 0.29) is 16.4 Å². The minimum absolute atomic E-state index is 0.243. The van der Waals surface area contributed by atoms with Crippen LogP contribution in [0.15, 0.2) is 77.7 Å². The maximum atomic E-state index is 13.6. The summed E-state index contributed by atoms with van der Waals surface area (Å²) in [6, 6.07) is 17.8. The van der Waals surface area contributed by atoms with Crippen molar-refractivity contribution >= 4 is 28.6 Å². The Balaban J connectivity index is 1.59. The lowest BCUT2D eigenvalue weighted by atomic mass is 9.91. The van der Waals surface area contributed by atoms with Gasteiger partial charge in [0.1, 0.15) is 0 Å². The van der Waals surface area contributed by atoms with E-state index in [4.69, 9.17) is 0 Å². The second kappa shape index (κ2) is 9.03. The minimum Gasteiger partial charge on any atom is -0.356 e. The summed E-state index contributed by atoms with van der Waals surface area (Å²) in [6.45, 7) is 0.325. The molecule has 35 heavy (non-hydrogen) atoms. The van der Waals surface area contributed by atoms with Crippen LogP contribution in [-0.2, 0) is 12.6 Å². The van der Waals surface area contributed by atoms with E-state index in [9.17, 15) is 26.7 Å². The van der Waals surface area contributed by atoms with E-state index in [1.54, 1.807) is 17.0 Å². The number of halogens is 5. The quantitative estimate of drug-likeness (QED) is 0.235. The van der Waals surface area contributed by atoms with Crippen LogP contribution in [0.1, 0.15) is 38.8 Å². The molecule has 0 spiro atoms. The van der Waals surface area contributed by atoms with Crippen molar-refractivity contribution in [1.82, 2.24) is 9.88 Å². The normalized spacial score (nSPS) is 16.1. The summed E-state index contributed by atoms with van der Waals surface area (Å²) in [4.78, 5) is 18.8. The number of H-pyrrole nitrogens is 1. The van der Waals surface area contributed by atoms with Gasteiger partial charge in [-0.2, -0.15) is 22.0 Å². The largest absolute Gasteiger partial charge is 0.416 e. The number of benzene rings is 3. The number of carbonyl (C=O) groups excluding carboxylic acids is 1. The number of alkyl halides is 5. The summed E-state index contributed by atoms with van der Waals surface area (Å²) in [5.74, 6) is -3.00. The summed E-state index contributed by atoms with van der Waals surface area (Å²) in [7, 11) is 0. The van der Waals surface area contributed by atoms with Gasteiger partial charge in [0.05, 0.1) is 11.6 Å². The molecule has 4 aromatic rings. The van der Waals surface area contributed by atoms with E-state index >= 15 is 0 Å². The molecule has 1 unspecified atom stereocenters. The number of aromatic amines is 1. The zero-order valence-corrected chi connectivity index (χ0v) is 19.0. The first-order valence-corrected chi connectivity index (χ1v) is 11.7. The Hall–Kier alpha value is -3.33. The molecule has 0 bridgehead atoms. The average molecular weight is 503 g/mol. The van der Waals surface area contributed by atoms with Crippen LogP contribution in [0.2, 0.25) is 0 Å². The highest BCUT2D eigenvalue weighted by atomic mass is 32.2. The Morgan fingerprint density at radius 2 is 1.74 bits per heavy atom. The molecule has 0 radical (unpaired) electrons. The zero-order chi connectivity index (χ0) is 24.7. The standard InChI is InChI=1S/C26H19F5N2OS/c27-25(28)35-18-5-3-4-16(14-18)24(34)33-13-12-20-19-6-1-2-7-21(19)32-22(20)23(33)15-8-10-17(11-9-15)26(29,30)31/h1-11,14,23,25,32H,12-13H2. The van der Waals surface area contributed by atoms with Gasteiger partial charge in [-0.25, -0.2) is 0 Å². The van der Waals surface area contributed by atoms with E-state index in [0.29, 0.717) is 30.3 Å². The van der Waals surface area contributed by atoms with E-state index < -0.39 is 23.5 Å². The first kappa shape index (κ1) is 23.4. The summed E-state index contributed by atoms with van der Waals surface area (Å²) in [5.41, 5.74) is 2.62. The lowest BCUT2D eigenvalue weighted by Crippen LogP contribution is -2.40. The zero-order valence-electron chi connectivity index (χ0n) is 18.2. The maximum Gasteiger partial charge on any atom is 0.416 e. The number of nitrogens with zero attached hydrogens (tertiary/aromatic N) is 1. The third-order valence-electron chi connectivity index (χ3n) is 6.16. The van der Waals surface area contributed by atoms with Crippen molar-refractivity contribution in [2.75, 3.05) is 6.54 Å². The second-order valence-corrected chi connectivity index (χ2v) is 9.30. The molecule has 3 aromatic carbocycles. The molecule has 5 rings (SSSR count). The predicted molar refractivity (Wildman–Crippen MR) is 125 cm³/mol. The molecule has 2 heterocycles. The number of para-hydroxylation sites is 1. The number of amides is 1. The highest BCUT2D eigenvalue weighted by molar-refractivity contribution is 7.99. The summed E-state index contributed by atoms with van der Waals surface area (Å²) in [6.07, 6.45) is -3.93. The monoisotopic (exact) mass is 502 g/mol. The highest BCUT2D eigenvalue weighted by Crippen LogP contribution is 2.40. The number of fused-ring (bicyclic) bond motifs is 3. The average Bonchev–Trinajstić information content (AvgIpc) is 3.21.